The number of pyridine rings is 2. The number of ether oxygens (including phenoxy) is 2. The van der Waals surface area contributed by atoms with Gasteiger partial charge in [-0.15, -0.1) is 0 Å². The molecule has 0 spiro atoms. The highest BCUT2D eigenvalue weighted by molar-refractivity contribution is 6.30. The first-order valence-electron chi connectivity index (χ1n) is 9.56. The Labute approximate surface area is 201 Å². The lowest BCUT2D eigenvalue weighted by molar-refractivity contribution is 0.0623. The van der Waals surface area contributed by atoms with Crippen LogP contribution in [0.25, 0.3) is 0 Å². The summed E-state index contributed by atoms with van der Waals surface area (Å²) in [6.45, 7) is 10.5. The first kappa shape index (κ1) is 27.9. The predicted octanol–water partition coefficient (Wildman–Crippen LogP) is 5.86. The first-order chi connectivity index (χ1) is 15.1. The van der Waals surface area contributed by atoms with Gasteiger partial charge < -0.3 is 14.6 Å². The highest BCUT2D eigenvalue weighted by atomic mass is 35.5. The molecule has 2 aromatic heterocycles. The molecule has 33 heavy (non-hydrogen) atoms. The van der Waals surface area contributed by atoms with Crippen LogP contribution in [0.5, 0.6) is 0 Å². The van der Waals surface area contributed by atoms with E-state index in [1.807, 2.05) is 0 Å². The van der Waals surface area contributed by atoms with Crippen LogP contribution < -0.4 is 10.6 Å². The molecule has 0 aromatic carbocycles. The van der Waals surface area contributed by atoms with Gasteiger partial charge in [0.05, 0.1) is 29.3 Å². The van der Waals surface area contributed by atoms with Crippen molar-refractivity contribution in [2.75, 3.05) is 10.6 Å². The maximum atomic E-state index is 11.5. The van der Waals surface area contributed by atoms with Crippen molar-refractivity contribution in [1.29, 1.82) is 0 Å². The van der Waals surface area contributed by atoms with Gasteiger partial charge in [-0.05, 0) is 59.7 Å². The van der Waals surface area contributed by atoms with E-state index in [2.05, 4.69) is 20.6 Å². The molecule has 12 heteroatoms. The summed E-state index contributed by atoms with van der Waals surface area (Å²) in [5.74, 6) is -1.22. The number of amides is 2. The Morgan fingerprint density at radius 1 is 0.848 bits per heavy atom. The highest BCUT2D eigenvalue weighted by Gasteiger charge is 2.19. The van der Waals surface area contributed by atoms with Crippen LogP contribution in [0.2, 0.25) is 10.3 Å². The zero-order valence-electron chi connectivity index (χ0n) is 19.0. The third kappa shape index (κ3) is 11.9. The van der Waals surface area contributed by atoms with Crippen molar-refractivity contribution in [2.24, 2.45) is 0 Å². The van der Waals surface area contributed by atoms with Gasteiger partial charge in [-0.2, -0.15) is 0 Å². The van der Waals surface area contributed by atoms with E-state index in [0.29, 0.717) is 10.8 Å². The number of hydrogen-bond donors (Lipinski definition) is 3. The number of aromatic nitrogens is 2. The smallest absolute Gasteiger partial charge is 0.412 e. The molecule has 3 N–H and O–H groups in total. The number of aromatic carboxylic acids is 1. The molecule has 0 bridgehead atoms. The Hall–Kier alpha value is -3.11. The van der Waals surface area contributed by atoms with E-state index >= 15 is 0 Å². The first-order valence-corrected chi connectivity index (χ1v) is 10.3. The lowest BCUT2D eigenvalue weighted by Gasteiger charge is -2.20. The second-order valence-electron chi connectivity index (χ2n) is 8.48. The molecule has 180 valence electrons. The summed E-state index contributed by atoms with van der Waals surface area (Å²) < 4.78 is 10.1. The van der Waals surface area contributed by atoms with Crippen LogP contribution in [0.15, 0.2) is 30.6 Å². The zero-order valence-corrected chi connectivity index (χ0v) is 20.5. The van der Waals surface area contributed by atoms with Gasteiger partial charge in [0.25, 0.3) is 0 Å². The summed E-state index contributed by atoms with van der Waals surface area (Å²) in [5, 5.41) is 14.2. The molecule has 2 heterocycles. The molecule has 0 atom stereocenters. The fourth-order valence-electron chi connectivity index (χ4n) is 1.99. The summed E-state index contributed by atoms with van der Waals surface area (Å²) >= 11 is 11.2. The van der Waals surface area contributed by atoms with Gasteiger partial charge in [-0.3, -0.25) is 10.6 Å². The normalized spacial score (nSPS) is 10.9. The van der Waals surface area contributed by atoms with Crippen LogP contribution in [0.1, 0.15) is 51.9 Å². The maximum absolute atomic E-state index is 11.5. The highest BCUT2D eigenvalue weighted by Crippen LogP contribution is 2.19. The fourth-order valence-corrected chi connectivity index (χ4v) is 2.26. The predicted molar refractivity (Wildman–Crippen MR) is 125 cm³/mol. The number of nitrogens with zero attached hydrogens (tertiary/aromatic N) is 2. The topological polar surface area (TPSA) is 140 Å². The number of halogens is 2. The molecule has 0 saturated heterocycles. The molecule has 0 aliphatic carbocycles. The van der Waals surface area contributed by atoms with E-state index < -0.39 is 29.4 Å². The lowest BCUT2D eigenvalue weighted by Crippen LogP contribution is -2.27. The Balaban J connectivity index is 0.000000335. The van der Waals surface area contributed by atoms with Gasteiger partial charge in [-0.1, -0.05) is 23.2 Å². The number of carboxylic acids is 1. The molecule has 0 unspecified atom stereocenters. The van der Waals surface area contributed by atoms with Gasteiger partial charge in [0.15, 0.2) is 0 Å². The summed E-state index contributed by atoms with van der Waals surface area (Å²) in [6, 6.07) is 4.39. The molecule has 0 fully saturated rings. The van der Waals surface area contributed by atoms with Crippen LogP contribution in [0.3, 0.4) is 0 Å². The molecule has 2 amide bonds. The van der Waals surface area contributed by atoms with Gasteiger partial charge in [0.2, 0.25) is 0 Å². The van der Waals surface area contributed by atoms with Crippen LogP contribution in [-0.4, -0.2) is 44.4 Å². The summed E-state index contributed by atoms with van der Waals surface area (Å²) in [5.41, 5.74) is -0.757. The van der Waals surface area contributed by atoms with E-state index in [4.69, 9.17) is 37.8 Å². The Kier molecular flexibility index (Phi) is 9.87. The number of carbonyl (C=O) groups is 3. The van der Waals surface area contributed by atoms with Crippen molar-refractivity contribution in [3.63, 3.8) is 0 Å². The minimum absolute atomic E-state index is 0.0288. The van der Waals surface area contributed by atoms with Crippen LogP contribution >= 0.6 is 23.2 Å². The minimum Gasteiger partial charge on any atom is -0.478 e. The van der Waals surface area contributed by atoms with Crippen molar-refractivity contribution in [3.05, 3.63) is 46.5 Å². The molecular weight excluding hydrogens is 475 g/mol. The second kappa shape index (κ2) is 11.7. The average Bonchev–Trinajstić information content (AvgIpc) is 2.62. The Bertz CT molecular complexity index is 986. The Morgan fingerprint density at radius 3 is 1.82 bits per heavy atom. The third-order valence-electron chi connectivity index (χ3n) is 3.11. The monoisotopic (exact) mass is 500 g/mol. The molecule has 2 aromatic rings. The summed E-state index contributed by atoms with van der Waals surface area (Å²) in [4.78, 5) is 41.3. The molecule has 0 saturated carbocycles. The van der Waals surface area contributed by atoms with Crippen LogP contribution in [0.4, 0.5) is 21.0 Å². The third-order valence-corrected chi connectivity index (χ3v) is 3.54. The van der Waals surface area contributed by atoms with Gasteiger partial charge >= 0.3 is 18.2 Å². The number of carbonyl (C=O) groups excluding carboxylic acids is 2. The van der Waals surface area contributed by atoms with Gasteiger partial charge in [-0.25, -0.2) is 24.4 Å². The number of carboxylic acid groups (broad SMARTS) is 1. The van der Waals surface area contributed by atoms with E-state index in [9.17, 15) is 14.4 Å². The van der Waals surface area contributed by atoms with Gasteiger partial charge in [0, 0.05) is 0 Å². The van der Waals surface area contributed by atoms with Gasteiger partial charge in [0.1, 0.15) is 21.5 Å². The van der Waals surface area contributed by atoms with E-state index in [1.165, 1.54) is 6.20 Å². The summed E-state index contributed by atoms with van der Waals surface area (Å²) in [7, 11) is 0. The van der Waals surface area contributed by atoms with E-state index in [0.717, 1.165) is 12.3 Å². The molecular formula is C21H26Cl2N4O6. The van der Waals surface area contributed by atoms with Crippen molar-refractivity contribution in [3.8, 4) is 0 Å². The van der Waals surface area contributed by atoms with E-state index in [1.54, 1.807) is 53.7 Å². The van der Waals surface area contributed by atoms with Crippen molar-refractivity contribution in [2.45, 2.75) is 52.7 Å². The zero-order chi connectivity index (χ0) is 25.4. The van der Waals surface area contributed by atoms with Crippen molar-refractivity contribution < 1.29 is 29.0 Å². The number of anilines is 2. The maximum Gasteiger partial charge on any atom is 0.412 e. The number of rotatable bonds is 3. The summed E-state index contributed by atoms with van der Waals surface area (Å²) in [6.07, 6.45) is 1.36. The van der Waals surface area contributed by atoms with Crippen molar-refractivity contribution >= 4 is 52.7 Å². The molecule has 2 rings (SSSR count). The second-order valence-corrected chi connectivity index (χ2v) is 9.26. The molecule has 0 radical (unpaired) electrons. The van der Waals surface area contributed by atoms with Crippen molar-refractivity contribution in [1.82, 2.24) is 9.97 Å². The van der Waals surface area contributed by atoms with E-state index in [-0.39, 0.29) is 16.4 Å². The average molecular weight is 501 g/mol. The molecule has 10 nitrogen and oxygen atoms in total. The Morgan fingerprint density at radius 2 is 1.36 bits per heavy atom. The lowest BCUT2D eigenvalue weighted by atomic mass is 10.2. The van der Waals surface area contributed by atoms with Crippen LogP contribution in [-0.2, 0) is 9.47 Å². The fraction of sp³-hybridized carbons (Fsp3) is 0.381. The largest absolute Gasteiger partial charge is 0.478 e. The minimum atomic E-state index is -1.22. The van der Waals surface area contributed by atoms with Crippen LogP contribution in [0, 0.1) is 0 Å². The quantitative estimate of drug-likeness (QED) is 0.444. The molecule has 0 aliphatic heterocycles. The number of nitrogens with one attached hydrogen (secondary N) is 2. The number of hydrogen-bond acceptors (Lipinski definition) is 7. The standard InChI is InChI=1S/C11H13ClN2O4.C10H13ClN2O2/c1-11(2,3)18-10(17)14-7-5-13-8(12)4-6(7)9(15)16;1-10(2,3)15-9(14)13-7-4-5-8(11)12-6-7/h4-5H,1-3H3,(H,14,17)(H,15,16);4-6H,1-3H3,(H,13,14). The molecule has 0 aliphatic rings. The SMILES string of the molecule is CC(C)(C)OC(=O)Nc1ccc(Cl)nc1.CC(C)(C)OC(=O)Nc1cnc(Cl)cc1C(=O)O.